The summed E-state index contributed by atoms with van der Waals surface area (Å²) in [6.07, 6.45) is 3.07. The largest absolute Gasteiger partial charge is 0.477 e. The van der Waals surface area contributed by atoms with Gasteiger partial charge in [0.15, 0.2) is 11.5 Å². The number of aromatic nitrogens is 4. The molecule has 0 atom stereocenters. The molecule has 1 saturated carbocycles. The average molecular weight is 447 g/mol. The Bertz CT molecular complexity index is 1320. The van der Waals surface area contributed by atoms with Crippen LogP contribution < -0.4 is 5.43 Å². The smallest absolute Gasteiger partial charge is 0.341 e. The molecular weight excluding hydrogens is 423 g/mol. The zero-order valence-corrected chi connectivity index (χ0v) is 17.9. The van der Waals surface area contributed by atoms with Crippen LogP contribution in [0.1, 0.15) is 36.2 Å². The van der Waals surface area contributed by atoms with Crippen molar-refractivity contribution in [1.82, 2.24) is 28.5 Å². The Hall–Kier alpha value is -2.63. The second-order valence-corrected chi connectivity index (χ2v) is 8.55. The van der Waals surface area contributed by atoms with Crippen LogP contribution in [0.2, 0.25) is 0 Å². The molecule has 0 amide bonds. The first-order valence-corrected chi connectivity index (χ1v) is 10.8. The van der Waals surface area contributed by atoms with Gasteiger partial charge in [-0.05, 0) is 37.7 Å². The van der Waals surface area contributed by atoms with E-state index in [2.05, 4.69) is 21.8 Å². The third kappa shape index (κ3) is 3.36. The number of carbonyl (C=O) groups is 1. The normalized spacial score (nSPS) is 18.3. The van der Waals surface area contributed by atoms with E-state index in [9.17, 15) is 19.1 Å². The van der Waals surface area contributed by atoms with Crippen molar-refractivity contribution in [2.45, 2.75) is 32.5 Å². The van der Waals surface area contributed by atoms with Gasteiger partial charge in [0, 0.05) is 38.4 Å². The molecule has 5 rings (SSSR count). The van der Waals surface area contributed by atoms with Gasteiger partial charge in [-0.15, -0.1) is 5.10 Å². The highest BCUT2D eigenvalue weighted by molar-refractivity contribution is 7.71. The maximum Gasteiger partial charge on any atom is 0.341 e. The molecule has 2 aliphatic rings. The Morgan fingerprint density at radius 3 is 2.55 bits per heavy atom. The predicted octanol–water partition coefficient (Wildman–Crippen LogP) is 1.95. The van der Waals surface area contributed by atoms with Crippen molar-refractivity contribution in [2.24, 2.45) is 0 Å². The SMILES string of the molecule is CCN1CCN(Cn2nc3c(F)cc4c(=O)c(C(=O)O)cn(C5CC5)c4n3c2=S)CC1. The quantitative estimate of drug-likeness (QED) is 0.600. The van der Waals surface area contributed by atoms with Gasteiger partial charge in [0.1, 0.15) is 11.2 Å². The fraction of sp³-hybridized carbons (Fsp3) is 0.500. The van der Waals surface area contributed by atoms with Crippen molar-refractivity contribution in [2.75, 3.05) is 32.7 Å². The van der Waals surface area contributed by atoms with E-state index < -0.39 is 17.2 Å². The van der Waals surface area contributed by atoms with Gasteiger partial charge in [0.2, 0.25) is 10.2 Å². The number of hydrogen-bond donors (Lipinski definition) is 1. The number of hydrogen-bond acceptors (Lipinski definition) is 6. The molecule has 31 heavy (non-hydrogen) atoms. The van der Waals surface area contributed by atoms with Crippen molar-refractivity contribution in [3.05, 3.63) is 38.6 Å². The van der Waals surface area contributed by atoms with Crippen molar-refractivity contribution in [3.8, 4) is 0 Å². The van der Waals surface area contributed by atoms with Crippen LogP contribution in [-0.4, -0.2) is 72.3 Å². The van der Waals surface area contributed by atoms with Gasteiger partial charge < -0.3 is 14.6 Å². The zero-order valence-electron chi connectivity index (χ0n) is 17.1. The fourth-order valence-electron chi connectivity index (χ4n) is 4.27. The standard InChI is InChI=1S/C20H23FN6O3S/c1-2-23-5-7-24(8-6-23)11-26-20(31)27-17(22-26)15(21)9-13-16(28)14(19(29)30)10-25(18(13)27)12-3-4-12/h9-10,12H,2-8,11H2,1H3,(H,29,30). The summed E-state index contributed by atoms with van der Waals surface area (Å²) in [5.74, 6) is -2.03. The van der Waals surface area contributed by atoms with E-state index in [1.165, 1.54) is 10.6 Å². The van der Waals surface area contributed by atoms with Crippen LogP contribution in [0.15, 0.2) is 17.1 Å². The van der Waals surface area contributed by atoms with Crippen LogP contribution in [0.5, 0.6) is 0 Å². The Balaban J connectivity index is 1.68. The highest BCUT2D eigenvalue weighted by Crippen LogP contribution is 2.37. The Morgan fingerprint density at radius 1 is 1.26 bits per heavy atom. The van der Waals surface area contributed by atoms with Gasteiger partial charge >= 0.3 is 5.97 Å². The summed E-state index contributed by atoms with van der Waals surface area (Å²) in [5.41, 5.74) is -0.640. The van der Waals surface area contributed by atoms with Crippen LogP contribution in [0.4, 0.5) is 4.39 Å². The summed E-state index contributed by atoms with van der Waals surface area (Å²) in [6.45, 7) is 7.21. The van der Waals surface area contributed by atoms with Gasteiger partial charge in [-0.25, -0.2) is 18.3 Å². The van der Waals surface area contributed by atoms with Crippen LogP contribution in [-0.2, 0) is 6.67 Å². The number of nitrogens with zero attached hydrogens (tertiary/aromatic N) is 6. The van der Waals surface area contributed by atoms with Gasteiger partial charge in [0.25, 0.3) is 0 Å². The van der Waals surface area contributed by atoms with Crippen LogP contribution in [0.3, 0.4) is 0 Å². The number of pyridine rings is 2. The van der Waals surface area contributed by atoms with Gasteiger partial charge in [-0.1, -0.05) is 6.92 Å². The second-order valence-electron chi connectivity index (χ2n) is 8.18. The first kappa shape index (κ1) is 20.3. The number of halogens is 1. The molecule has 1 saturated heterocycles. The second kappa shape index (κ2) is 7.50. The summed E-state index contributed by atoms with van der Waals surface area (Å²) in [7, 11) is 0. The lowest BCUT2D eigenvalue weighted by Crippen LogP contribution is -2.46. The summed E-state index contributed by atoms with van der Waals surface area (Å²) in [5, 5.41) is 13.9. The maximum atomic E-state index is 15.0. The number of likely N-dealkylation sites (N-methyl/N-ethyl adjacent to an activating group) is 1. The monoisotopic (exact) mass is 446 g/mol. The predicted molar refractivity (Wildman–Crippen MR) is 115 cm³/mol. The minimum Gasteiger partial charge on any atom is -0.477 e. The van der Waals surface area contributed by atoms with Crippen LogP contribution in [0.25, 0.3) is 16.7 Å². The molecule has 0 bridgehead atoms. The minimum absolute atomic E-state index is 0.00371. The van der Waals surface area contributed by atoms with Crippen molar-refractivity contribution >= 4 is 34.9 Å². The molecular formula is C20H23FN6O3S. The summed E-state index contributed by atoms with van der Waals surface area (Å²) in [4.78, 5) is 29.0. The van der Waals surface area contributed by atoms with E-state index in [1.807, 2.05) is 0 Å². The van der Waals surface area contributed by atoms with E-state index >= 15 is 0 Å². The first-order chi connectivity index (χ1) is 14.9. The molecule has 3 aromatic rings. The summed E-state index contributed by atoms with van der Waals surface area (Å²) < 4.78 is 20.1. The zero-order chi connectivity index (χ0) is 21.9. The minimum atomic E-state index is -1.33. The molecule has 1 aliphatic heterocycles. The third-order valence-corrected chi connectivity index (χ3v) is 6.59. The summed E-state index contributed by atoms with van der Waals surface area (Å²) >= 11 is 5.65. The first-order valence-electron chi connectivity index (χ1n) is 10.4. The molecule has 9 nitrogen and oxygen atoms in total. The molecule has 1 N–H and O–H groups in total. The van der Waals surface area contributed by atoms with Crippen molar-refractivity contribution < 1.29 is 14.3 Å². The molecule has 4 heterocycles. The molecule has 0 radical (unpaired) electrons. The van der Waals surface area contributed by atoms with E-state index in [1.54, 1.807) is 9.25 Å². The fourth-order valence-corrected chi connectivity index (χ4v) is 4.54. The highest BCUT2D eigenvalue weighted by Gasteiger charge is 2.29. The molecule has 2 fully saturated rings. The molecule has 164 valence electrons. The number of piperazine rings is 1. The number of carboxylic acids is 1. The molecule has 11 heteroatoms. The highest BCUT2D eigenvalue weighted by atomic mass is 32.1. The van der Waals surface area contributed by atoms with Gasteiger partial charge in [-0.2, -0.15) is 0 Å². The lowest BCUT2D eigenvalue weighted by molar-refractivity contribution is 0.0695. The van der Waals surface area contributed by atoms with Gasteiger partial charge in [0.05, 0.1) is 12.1 Å². The van der Waals surface area contributed by atoms with Crippen LogP contribution in [0, 0.1) is 10.6 Å². The Kier molecular flexibility index (Phi) is 4.91. The molecule has 0 aromatic carbocycles. The average Bonchev–Trinajstić information content (AvgIpc) is 3.54. The molecule has 1 aliphatic carbocycles. The van der Waals surface area contributed by atoms with Crippen LogP contribution >= 0.6 is 12.2 Å². The summed E-state index contributed by atoms with van der Waals surface area (Å²) in [6, 6.07) is 1.15. The number of rotatable bonds is 5. The Labute approximate surface area is 181 Å². The lowest BCUT2D eigenvalue weighted by atomic mass is 10.2. The van der Waals surface area contributed by atoms with Gasteiger partial charge in [-0.3, -0.25) is 9.69 Å². The number of fused-ring (bicyclic) bond motifs is 3. The number of carboxylic acid groups (broad SMARTS) is 1. The van der Waals surface area contributed by atoms with E-state index in [0.29, 0.717) is 12.3 Å². The lowest BCUT2D eigenvalue weighted by Gasteiger charge is -2.33. The molecule has 3 aromatic heterocycles. The number of aromatic carboxylic acids is 1. The van der Waals surface area contributed by atoms with E-state index in [-0.39, 0.29) is 27.4 Å². The molecule has 0 unspecified atom stereocenters. The van der Waals surface area contributed by atoms with E-state index in [0.717, 1.165) is 51.6 Å². The van der Waals surface area contributed by atoms with Crippen molar-refractivity contribution in [1.29, 1.82) is 0 Å². The van der Waals surface area contributed by atoms with E-state index in [4.69, 9.17) is 12.2 Å². The third-order valence-electron chi connectivity index (χ3n) is 6.20. The molecule has 0 spiro atoms. The van der Waals surface area contributed by atoms with Crippen molar-refractivity contribution in [3.63, 3.8) is 0 Å². The maximum absolute atomic E-state index is 15.0. The Morgan fingerprint density at radius 2 is 1.94 bits per heavy atom. The topological polar surface area (TPSA) is 88.0 Å².